The molecule has 1 saturated heterocycles. The number of benzene rings is 1. The van der Waals surface area contributed by atoms with Crippen molar-refractivity contribution in [3.63, 3.8) is 0 Å². The highest BCUT2D eigenvalue weighted by atomic mass is 19.1. The predicted molar refractivity (Wildman–Crippen MR) is 66.4 cm³/mol. The van der Waals surface area contributed by atoms with Gasteiger partial charge in [-0.3, -0.25) is 4.90 Å². The molecule has 2 rings (SSSR count). The van der Waals surface area contributed by atoms with Crippen molar-refractivity contribution in [2.24, 2.45) is 0 Å². The first-order chi connectivity index (χ1) is 8.60. The third-order valence-corrected chi connectivity index (χ3v) is 3.29. The minimum absolute atomic E-state index is 0.170. The van der Waals surface area contributed by atoms with Crippen molar-refractivity contribution in [1.82, 2.24) is 4.90 Å². The molecule has 0 radical (unpaired) electrons. The third kappa shape index (κ3) is 2.87. The van der Waals surface area contributed by atoms with Crippen LogP contribution in [0.4, 0.5) is 4.39 Å². The van der Waals surface area contributed by atoms with Gasteiger partial charge in [-0.05, 0) is 32.0 Å². The molecule has 1 aliphatic heterocycles. The smallest absolute Gasteiger partial charge is 0.127 e. The summed E-state index contributed by atoms with van der Waals surface area (Å²) in [6.07, 6.45) is 0.170. The van der Waals surface area contributed by atoms with Gasteiger partial charge in [0.1, 0.15) is 5.82 Å². The van der Waals surface area contributed by atoms with E-state index in [0.717, 1.165) is 6.54 Å². The van der Waals surface area contributed by atoms with Crippen molar-refractivity contribution in [2.75, 3.05) is 13.2 Å². The Bertz CT molecular complexity index is 469. The van der Waals surface area contributed by atoms with E-state index >= 15 is 0 Å². The van der Waals surface area contributed by atoms with Crippen molar-refractivity contribution in [3.05, 3.63) is 35.1 Å². The topological polar surface area (TPSA) is 36.3 Å². The van der Waals surface area contributed by atoms with E-state index in [0.29, 0.717) is 24.3 Å². The summed E-state index contributed by atoms with van der Waals surface area (Å²) in [5, 5.41) is 8.85. The van der Waals surface area contributed by atoms with E-state index < -0.39 is 0 Å². The van der Waals surface area contributed by atoms with Crippen molar-refractivity contribution in [3.8, 4) is 6.07 Å². The summed E-state index contributed by atoms with van der Waals surface area (Å²) < 4.78 is 19.3. The molecule has 4 heteroatoms. The van der Waals surface area contributed by atoms with Gasteiger partial charge in [-0.15, -0.1) is 0 Å². The number of morpholine rings is 1. The molecule has 0 aromatic heterocycles. The number of hydrogen-bond donors (Lipinski definition) is 0. The second-order valence-corrected chi connectivity index (χ2v) is 4.84. The molecule has 0 saturated carbocycles. The molecule has 0 amide bonds. The lowest BCUT2D eigenvalue weighted by molar-refractivity contribution is -0.0529. The highest BCUT2D eigenvalue weighted by Gasteiger charge is 2.24. The average Bonchev–Trinajstić information content (AvgIpc) is 2.36. The Hall–Kier alpha value is -1.44. The lowest BCUT2D eigenvalue weighted by Gasteiger charge is -2.36. The van der Waals surface area contributed by atoms with E-state index in [-0.39, 0.29) is 18.0 Å². The number of ether oxygens (including phenoxy) is 1. The molecule has 0 N–H and O–H groups in total. The van der Waals surface area contributed by atoms with Crippen LogP contribution in [0.15, 0.2) is 18.2 Å². The van der Waals surface area contributed by atoms with Crippen LogP contribution < -0.4 is 0 Å². The Balaban J connectivity index is 2.15. The summed E-state index contributed by atoms with van der Waals surface area (Å²) in [7, 11) is 0. The molecule has 3 nitrogen and oxygen atoms in total. The number of halogens is 1. The van der Waals surface area contributed by atoms with Gasteiger partial charge in [0.2, 0.25) is 0 Å². The average molecular weight is 248 g/mol. The molecule has 0 bridgehead atoms. The lowest BCUT2D eigenvalue weighted by Crippen LogP contribution is -2.46. The zero-order valence-electron chi connectivity index (χ0n) is 10.7. The molecule has 1 fully saturated rings. The van der Waals surface area contributed by atoms with E-state index in [4.69, 9.17) is 10.00 Å². The van der Waals surface area contributed by atoms with Gasteiger partial charge in [-0.25, -0.2) is 4.39 Å². The molecule has 1 aliphatic rings. The van der Waals surface area contributed by atoms with Gasteiger partial charge in [-0.2, -0.15) is 5.26 Å². The third-order valence-electron chi connectivity index (χ3n) is 3.29. The van der Waals surface area contributed by atoms with Crippen molar-refractivity contribution < 1.29 is 9.13 Å². The first kappa shape index (κ1) is 13.0. The Labute approximate surface area is 107 Å². The summed E-state index contributed by atoms with van der Waals surface area (Å²) >= 11 is 0. The second kappa shape index (κ2) is 5.47. The van der Waals surface area contributed by atoms with Gasteiger partial charge in [0.25, 0.3) is 0 Å². The highest BCUT2D eigenvalue weighted by Crippen LogP contribution is 2.18. The molecular formula is C14H17FN2O. The van der Waals surface area contributed by atoms with E-state index in [2.05, 4.69) is 11.8 Å². The van der Waals surface area contributed by atoms with Crippen molar-refractivity contribution in [2.45, 2.75) is 32.5 Å². The van der Waals surface area contributed by atoms with E-state index in [9.17, 15) is 4.39 Å². The first-order valence-electron chi connectivity index (χ1n) is 6.14. The van der Waals surface area contributed by atoms with Gasteiger partial charge in [0.15, 0.2) is 0 Å². The molecule has 1 aromatic carbocycles. The van der Waals surface area contributed by atoms with Crippen LogP contribution in [0.5, 0.6) is 0 Å². The van der Waals surface area contributed by atoms with Crippen LogP contribution in [0, 0.1) is 17.1 Å². The van der Waals surface area contributed by atoms with E-state index in [1.807, 2.05) is 13.0 Å². The van der Waals surface area contributed by atoms with Crippen LogP contribution in [0.25, 0.3) is 0 Å². The first-order valence-corrected chi connectivity index (χ1v) is 6.14. The minimum atomic E-state index is -0.250. The standard InChI is InChI=1S/C14H17FN2O/c1-10-9-18-11(2)7-17(10)8-13-5-12(6-16)3-4-14(13)15/h3-5,10-11H,7-9H2,1-2H3/t10-,11+/m0/s1. The van der Waals surface area contributed by atoms with Crippen molar-refractivity contribution in [1.29, 1.82) is 5.26 Å². The monoisotopic (exact) mass is 248 g/mol. The molecule has 0 spiro atoms. The molecular weight excluding hydrogens is 231 g/mol. The normalized spacial score (nSPS) is 24.8. The summed E-state index contributed by atoms with van der Waals surface area (Å²) in [6.45, 7) is 6.06. The van der Waals surface area contributed by atoms with Gasteiger partial charge in [0, 0.05) is 24.7 Å². The van der Waals surface area contributed by atoms with Gasteiger partial charge in [-0.1, -0.05) is 0 Å². The van der Waals surface area contributed by atoms with Crippen LogP contribution in [0.3, 0.4) is 0 Å². The lowest BCUT2D eigenvalue weighted by atomic mass is 10.1. The van der Waals surface area contributed by atoms with E-state index in [1.165, 1.54) is 12.1 Å². The van der Waals surface area contributed by atoms with Gasteiger partial charge < -0.3 is 4.74 Å². The molecule has 96 valence electrons. The van der Waals surface area contributed by atoms with Gasteiger partial charge >= 0.3 is 0 Å². The molecule has 2 atom stereocenters. The maximum atomic E-state index is 13.7. The number of rotatable bonds is 2. The number of hydrogen-bond acceptors (Lipinski definition) is 3. The maximum Gasteiger partial charge on any atom is 0.127 e. The van der Waals surface area contributed by atoms with Crippen LogP contribution >= 0.6 is 0 Å². The SMILES string of the molecule is C[C@@H]1CN(Cc2cc(C#N)ccc2F)[C@@H](C)CO1. The molecule has 0 aliphatic carbocycles. The molecule has 1 aromatic rings. The highest BCUT2D eigenvalue weighted by molar-refractivity contribution is 5.33. The zero-order chi connectivity index (χ0) is 13.1. The van der Waals surface area contributed by atoms with Crippen molar-refractivity contribution >= 4 is 0 Å². The van der Waals surface area contributed by atoms with Crippen LogP contribution in [-0.4, -0.2) is 30.2 Å². The van der Waals surface area contributed by atoms with Crippen LogP contribution in [0.2, 0.25) is 0 Å². The predicted octanol–water partition coefficient (Wildman–Crippen LogP) is 2.31. The molecule has 18 heavy (non-hydrogen) atoms. The van der Waals surface area contributed by atoms with Gasteiger partial charge in [0.05, 0.1) is 24.3 Å². The second-order valence-electron chi connectivity index (χ2n) is 4.84. The fraction of sp³-hybridized carbons (Fsp3) is 0.500. The largest absolute Gasteiger partial charge is 0.376 e. The Kier molecular flexibility index (Phi) is 3.95. The summed E-state index contributed by atoms with van der Waals surface area (Å²) in [6, 6.07) is 6.81. The Morgan fingerprint density at radius 2 is 2.28 bits per heavy atom. The van der Waals surface area contributed by atoms with E-state index in [1.54, 1.807) is 6.07 Å². The summed E-state index contributed by atoms with van der Waals surface area (Å²) in [4.78, 5) is 2.19. The van der Waals surface area contributed by atoms with Crippen LogP contribution in [0.1, 0.15) is 25.0 Å². The number of nitriles is 1. The fourth-order valence-electron chi connectivity index (χ4n) is 2.18. The Morgan fingerprint density at radius 3 is 3.00 bits per heavy atom. The zero-order valence-corrected chi connectivity index (χ0v) is 10.7. The molecule has 1 heterocycles. The Morgan fingerprint density at radius 1 is 1.50 bits per heavy atom. The maximum absolute atomic E-state index is 13.7. The quantitative estimate of drug-likeness (QED) is 0.805. The fourth-order valence-corrected chi connectivity index (χ4v) is 2.18. The summed E-state index contributed by atoms with van der Waals surface area (Å²) in [5.41, 5.74) is 1.08. The minimum Gasteiger partial charge on any atom is -0.376 e. The van der Waals surface area contributed by atoms with Crippen LogP contribution in [-0.2, 0) is 11.3 Å². The molecule has 0 unspecified atom stereocenters. The summed E-state index contributed by atoms with van der Waals surface area (Å²) in [5.74, 6) is -0.250. The number of nitrogens with zero attached hydrogens (tertiary/aromatic N) is 2.